The number of carbonyl (C=O) groups excluding carboxylic acids is 1. The minimum Gasteiger partial charge on any atom is -0.508 e. The van der Waals surface area contributed by atoms with Gasteiger partial charge in [-0.3, -0.25) is 4.79 Å². The van der Waals surface area contributed by atoms with Crippen molar-refractivity contribution in [2.24, 2.45) is 5.92 Å². The molecular formula is C18H18O7. The van der Waals surface area contributed by atoms with Crippen LogP contribution in [0.15, 0.2) is 24.3 Å². The largest absolute Gasteiger partial charge is 0.508 e. The molecule has 0 unspecified atom stereocenters. The lowest BCUT2D eigenvalue weighted by molar-refractivity contribution is 0.0818. The number of benzene rings is 2. The lowest BCUT2D eigenvalue weighted by Crippen LogP contribution is -2.30. The molecule has 0 aromatic heterocycles. The van der Waals surface area contributed by atoms with Crippen LogP contribution in [0.3, 0.4) is 0 Å². The number of aromatic hydroxyl groups is 3. The molecule has 1 aliphatic heterocycles. The van der Waals surface area contributed by atoms with Gasteiger partial charge >= 0.3 is 0 Å². The van der Waals surface area contributed by atoms with Crippen LogP contribution in [-0.4, -0.2) is 41.9 Å². The maximum absolute atomic E-state index is 12.8. The van der Waals surface area contributed by atoms with E-state index in [9.17, 15) is 20.1 Å². The van der Waals surface area contributed by atoms with E-state index in [1.165, 1.54) is 26.4 Å². The van der Waals surface area contributed by atoms with E-state index in [1.807, 2.05) is 0 Å². The SMILES string of the molecule is COc1c(O)c(O)c2c(c1OC)OC[C@@H](Cc1ccc(O)cc1)C2=O. The van der Waals surface area contributed by atoms with Crippen molar-refractivity contribution in [2.75, 3.05) is 20.8 Å². The second-order valence-corrected chi connectivity index (χ2v) is 5.71. The maximum Gasteiger partial charge on any atom is 0.211 e. The summed E-state index contributed by atoms with van der Waals surface area (Å²) >= 11 is 0. The van der Waals surface area contributed by atoms with Crippen molar-refractivity contribution in [3.05, 3.63) is 35.4 Å². The quantitative estimate of drug-likeness (QED) is 0.729. The van der Waals surface area contributed by atoms with Crippen LogP contribution in [0.5, 0.6) is 34.5 Å². The molecule has 3 N–H and O–H groups in total. The Hall–Kier alpha value is -3.09. The standard InChI is InChI=1S/C18H18O7/c1-23-17-15(22)14(21)12-13(20)10(8-25-16(12)18(17)24-2)7-9-3-5-11(19)6-4-9/h3-6,10,19,21-22H,7-8H2,1-2H3/t10-/m1/s1. The van der Waals surface area contributed by atoms with Crippen molar-refractivity contribution in [2.45, 2.75) is 6.42 Å². The molecule has 2 aromatic carbocycles. The minimum atomic E-state index is -0.590. The Morgan fingerprint density at radius 3 is 2.28 bits per heavy atom. The molecule has 0 aliphatic carbocycles. The summed E-state index contributed by atoms with van der Waals surface area (Å²) in [5.41, 5.74) is 0.720. The average molecular weight is 346 g/mol. The third kappa shape index (κ3) is 2.77. The van der Waals surface area contributed by atoms with Crippen LogP contribution in [0.25, 0.3) is 0 Å². The van der Waals surface area contributed by atoms with E-state index in [4.69, 9.17) is 14.2 Å². The molecule has 0 saturated carbocycles. The number of fused-ring (bicyclic) bond motifs is 1. The number of ether oxygens (including phenoxy) is 3. The first-order chi connectivity index (χ1) is 12.0. The predicted octanol–water partition coefficient (Wildman–Crippen LogP) is 2.25. The number of methoxy groups -OCH3 is 2. The second kappa shape index (κ2) is 6.43. The molecule has 3 rings (SSSR count). The van der Waals surface area contributed by atoms with Gasteiger partial charge in [-0.15, -0.1) is 0 Å². The molecule has 0 bridgehead atoms. The van der Waals surface area contributed by atoms with Crippen LogP contribution in [0.4, 0.5) is 0 Å². The number of phenolic OH excluding ortho intramolecular Hbond substituents is 3. The third-order valence-corrected chi connectivity index (χ3v) is 4.19. The molecule has 1 heterocycles. The van der Waals surface area contributed by atoms with E-state index in [2.05, 4.69) is 0 Å². The van der Waals surface area contributed by atoms with Gasteiger partial charge in [-0.25, -0.2) is 0 Å². The van der Waals surface area contributed by atoms with Crippen LogP contribution >= 0.6 is 0 Å². The van der Waals surface area contributed by atoms with Crippen molar-refractivity contribution < 1.29 is 34.3 Å². The summed E-state index contributed by atoms with van der Waals surface area (Å²) in [6.45, 7) is 0.0937. The molecule has 1 aliphatic rings. The fourth-order valence-corrected chi connectivity index (χ4v) is 2.93. The van der Waals surface area contributed by atoms with Crippen LogP contribution in [0.1, 0.15) is 15.9 Å². The lowest BCUT2D eigenvalue weighted by atomic mass is 9.88. The topological polar surface area (TPSA) is 105 Å². The summed E-state index contributed by atoms with van der Waals surface area (Å²) in [4.78, 5) is 12.8. The molecular weight excluding hydrogens is 328 g/mol. The number of hydrogen-bond acceptors (Lipinski definition) is 7. The van der Waals surface area contributed by atoms with Gasteiger partial charge in [-0.05, 0) is 24.1 Å². The highest BCUT2D eigenvalue weighted by Crippen LogP contribution is 2.54. The molecule has 25 heavy (non-hydrogen) atoms. The molecule has 0 radical (unpaired) electrons. The van der Waals surface area contributed by atoms with Crippen molar-refractivity contribution in [3.8, 4) is 34.5 Å². The normalized spacial score (nSPS) is 16.1. The van der Waals surface area contributed by atoms with E-state index in [0.29, 0.717) is 6.42 Å². The Balaban J connectivity index is 2.00. The summed E-state index contributed by atoms with van der Waals surface area (Å²) in [7, 11) is 2.66. The molecule has 0 spiro atoms. The highest BCUT2D eigenvalue weighted by molar-refractivity contribution is 6.06. The van der Waals surface area contributed by atoms with Gasteiger partial charge in [0, 0.05) is 0 Å². The average Bonchev–Trinajstić information content (AvgIpc) is 2.61. The Kier molecular flexibility index (Phi) is 4.31. The predicted molar refractivity (Wildman–Crippen MR) is 88.0 cm³/mol. The fraction of sp³-hybridized carbons (Fsp3) is 0.278. The van der Waals surface area contributed by atoms with Crippen molar-refractivity contribution in [1.29, 1.82) is 0 Å². The monoisotopic (exact) mass is 346 g/mol. The van der Waals surface area contributed by atoms with Crippen molar-refractivity contribution >= 4 is 5.78 Å². The van der Waals surface area contributed by atoms with Crippen LogP contribution in [0, 0.1) is 5.92 Å². The highest BCUT2D eigenvalue weighted by Gasteiger charge is 2.37. The van der Waals surface area contributed by atoms with Gasteiger partial charge in [0.25, 0.3) is 0 Å². The van der Waals surface area contributed by atoms with Gasteiger partial charge in [-0.1, -0.05) is 12.1 Å². The van der Waals surface area contributed by atoms with Gasteiger partial charge in [0.1, 0.15) is 11.3 Å². The first kappa shape index (κ1) is 16.8. The summed E-state index contributed by atoms with van der Waals surface area (Å²) in [6.07, 6.45) is 0.368. The van der Waals surface area contributed by atoms with Gasteiger partial charge in [0.2, 0.25) is 17.2 Å². The smallest absolute Gasteiger partial charge is 0.211 e. The summed E-state index contributed by atoms with van der Waals surface area (Å²) in [6, 6.07) is 6.50. The number of ketones is 1. The molecule has 0 fully saturated rings. The Morgan fingerprint density at radius 2 is 1.68 bits per heavy atom. The van der Waals surface area contributed by atoms with Crippen molar-refractivity contribution in [3.63, 3.8) is 0 Å². The molecule has 0 saturated heterocycles. The maximum atomic E-state index is 12.8. The Bertz CT molecular complexity index is 811. The molecule has 1 atom stereocenters. The number of phenols is 3. The first-order valence-electron chi connectivity index (χ1n) is 7.62. The second-order valence-electron chi connectivity index (χ2n) is 5.71. The first-order valence-corrected chi connectivity index (χ1v) is 7.62. The van der Waals surface area contributed by atoms with Gasteiger partial charge < -0.3 is 29.5 Å². The lowest BCUT2D eigenvalue weighted by Gasteiger charge is -2.27. The van der Waals surface area contributed by atoms with Crippen molar-refractivity contribution in [1.82, 2.24) is 0 Å². The van der Waals surface area contributed by atoms with Crippen LogP contribution < -0.4 is 14.2 Å². The van der Waals surface area contributed by atoms with E-state index in [0.717, 1.165) is 5.56 Å². The van der Waals surface area contributed by atoms with Crippen LogP contribution in [0.2, 0.25) is 0 Å². The van der Waals surface area contributed by atoms with Gasteiger partial charge in [0.15, 0.2) is 17.3 Å². The van der Waals surface area contributed by atoms with Gasteiger partial charge in [0.05, 0.1) is 26.7 Å². The number of carbonyl (C=O) groups is 1. The summed E-state index contributed by atoms with van der Waals surface area (Å²) in [5, 5.41) is 29.7. The zero-order chi connectivity index (χ0) is 18.1. The van der Waals surface area contributed by atoms with E-state index in [1.54, 1.807) is 12.1 Å². The Morgan fingerprint density at radius 1 is 1.04 bits per heavy atom. The summed E-state index contributed by atoms with van der Waals surface area (Å²) < 4.78 is 15.9. The van der Waals surface area contributed by atoms with E-state index >= 15 is 0 Å². The fourth-order valence-electron chi connectivity index (χ4n) is 2.93. The number of Topliss-reactive ketones (excluding diaryl/α,β-unsaturated/α-hetero) is 1. The summed E-state index contributed by atoms with van der Waals surface area (Å²) in [5.74, 6) is -1.90. The zero-order valence-corrected chi connectivity index (χ0v) is 13.8. The van der Waals surface area contributed by atoms with Gasteiger partial charge in [-0.2, -0.15) is 0 Å². The molecule has 7 heteroatoms. The third-order valence-electron chi connectivity index (χ3n) is 4.19. The van der Waals surface area contributed by atoms with Crippen LogP contribution in [-0.2, 0) is 6.42 Å². The molecule has 2 aromatic rings. The van der Waals surface area contributed by atoms with E-state index in [-0.39, 0.29) is 41.0 Å². The number of rotatable bonds is 4. The minimum absolute atomic E-state index is 0.0570. The zero-order valence-electron chi connectivity index (χ0n) is 13.8. The molecule has 132 valence electrons. The van der Waals surface area contributed by atoms with E-state index < -0.39 is 17.4 Å². The number of hydrogen-bond donors (Lipinski definition) is 3. The Labute approximate surface area is 144 Å². The highest BCUT2D eigenvalue weighted by atomic mass is 16.5. The molecule has 0 amide bonds. The molecule has 7 nitrogen and oxygen atoms in total.